The fraction of sp³-hybridized carbons (Fsp3) is 0.556. The van der Waals surface area contributed by atoms with E-state index < -0.39 is 0 Å². The highest BCUT2D eigenvalue weighted by atomic mass is 32.1. The van der Waals surface area contributed by atoms with Gasteiger partial charge in [-0.3, -0.25) is 5.10 Å². The topological polar surface area (TPSA) is 89.0 Å². The lowest BCUT2D eigenvalue weighted by molar-refractivity contribution is 0.0835. The van der Waals surface area contributed by atoms with E-state index in [4.69, 9.17) is 24.4 Å². The molecule has 8 nitrogen and oxygen atoms in total. The summed E-state index contributed by atoms with van der Waals surface area (Å²) >= 11 is 1.59. The first-order valence-electron chi connectivity index (χ1n) is 9.40. The van der Waals surface area contributed by atoms with E-state index in [1.54, 1.807) is 17.5 Å². The highest BCUT2D eigenvalue weighted by Gasteiger charge is 2.28. The minimum Gasteiger partial charge on any atom is -0.381 e. The first-order chi connectivity index (χ1) is 13.3. The van der Waals surface area contributed by atoms with Gasteiger partial charge in [0.25, 0.3) is 0 Å². The number of nitrogens with one attached hydrogen (secondary N) is 1. The monoisotopic (exact) mass is 386 g/mol. The normalized spacial score (nSPS) is 21.8. The summed E-state index contributed by atoms with van der Waals surface area (Å²) in [6.45, 7) is 5.95. The molecule has 0 aliphatic carbocycles. The van der Waals surface area contributed by atoms with Crippen LogP contribution >= 0.6 is 11.3 Å². The Hall–Kier alpha value is -2.10. The average Bonchev–Trinajstić information content (AvgIpc) is 3.38. The Labute approximate surface area is 160 Å². The van der Waals surface area contributed by atoms with Crippen molar-refractivity contribution < 1.29 is 9.47 Å². The van der Waals surface area contributed by atoms with Crippen LogP contribution in [-0.4, -0.2) is 64.2 Å². The van der Waals surface area contributed by atoms with Gasteiger partial charge in [-0.1, -0.05) is 11.3 Å². The standard InChI is InChI=1S/C18H22N6O2S/c1-11-10-26-9-6-24(11)16-14-18(27-17(20-14)13-2-5-19-23-13)22-15(21-16)12-3-7-25-8-4-12/h2,5,11-12H,3-4,6-10H2,1H3,(H,19,23)/t11-/m1/s1. The molecule has 2 fully saturated rings. The number of fused-ring (bicyclic) bond motifs is 1. The molecule has 0 saturated carbocycles. The molecular weight excluding hydrogens is 364 g/mol. The summed E-state index contributed by atoms with van der Waals surface area (Å²) in [5.41, 5.74) is 1.78. The number of H-pyrrole nitrogens is 1. The molecule has 5 heterocycles. The van der Waals surface area contributed by atoms with Crippen LogP contribution in [0.2, 0.25) is 0 Å². The molecule has 0 amide bonds. The minimum atomic E-state index is 0.261. The maximum absolute atomic E-state index is 5.62. The minimum absolute atomic E-state index is 0.261. The molecule has 0 spiro atoms. The maximum atomic E-state index is 5.62. The Kier molecular flexibility index (Phi) is 4.50. The number of aromatic nitrogens is 5. The number of anilines is 1. The van der Waals surface area contributed by atoms with Gasteiger partial charge < -0.3 is 14.4 Å². The van der Waals surface area contributed by atoms with Crippen molar-refractivity contribution in [3.63, 3.8) is 0 Å². The Morgan fingerprint density at radius 3 is 2.81 bits per heavy atom. The maximum Gasteiger partial charge on any atom is 0.160 e. The van der Waals surface area contributed by atoms with Gasteiger partial charge in [-0.15, -0.1) is 0 Å². The Morgan fingerprint density at radius 2 is 2.04 bits per heavy atom. The SMILES string of the molecule is C[C@@H]1COCCN1c1nc(C2CCOCC2)nc2sc(-c3ccn[nH]3)nc12. The Bertz CT molecular complexity index is 921. The van der Waals surface area contributed by atoms with E-state index >= 15 is 0 Å². The molecule has 27 heavy (non-hydrogen) atoms. The third-order valence-electron chi connectivity index (χ3n) is 5.21. The zero-order chi connectivity index (χ0) is 18.2. The predicted molar refractivity (Wildman–Crippen MR) is 103 cm³/mol. The van der Waals surface area contributed by atoms with Crippen molar-refractivity contribution in [3.8, 4) is 10.7 Å². The van der Waals surface area contributed by atoms with Crippen LogP contribution in [0.4, 0.5) is 5.82 Å². The molecule has 1 N–H and O–H groups in total. The van der Waals surface area contributed by atoms with E-state index in [1.165, 1.54) is 0 Å². The van der Waals surface area contributed by atoms with Gasteiger partial charge in [-0.25, -0.2) is 15.0 Å². The van der Waals surface area contributed by atoms with Gasteiger partial charge in [0.05, 0.1) is 24.9 Å². The molecule has 0 unspecified atom stereocenters. The fourth-order valence-electron chi connectivity index (χ4n) is 3.69. The summed E-state index contributed by atoms with van der Waals surface area (Å²) in [4.78, 5) is 18.0. The lowest BCUT2D eigenvalue weighted by Gasteiger charge is -2.34. The second kappa shape index (κ2) is 7.14. The second-order valence-electron chi connectivity index (χ2n) is 7.05. The van der Waals surface area contributed by atoms with Crippen molar-refractivity contribution in [2.45, 2.75) is 31.7 Å². The summed E-state index contributed by atoms with van der Waals surface area (Å²) in [6, 6.07) is 2.19. The third-order valence-corrected chi connectivity index (χ3v) is 6.20. The van der Waals surface area contributed by atoms with E-state index in [2.05, 4.69) is 22.0 Å². The summed E-state index contributed by atoms with van der Waals surface area (Å²) in [5.74, 6) is 2.19. The number of rotatable bonds is 3. The van der Waals surface area contributed by atoms with Crippen LogP contribution in [0.25, 0.3) is 21.0 Å². The van der Waals surface area contributed by atoms with E-state index in [9.17, 15) is 0 Å². The highest BCUT2D eigenvalue weighted by Crippen LogP contribution is 2.36. The molecule has 2 saturated heterocycles. The van der Waals surface area contributed by atoms with Crippen molar-refractivity contribution in [2.24, 2.45) is 0 Å². The average molecular weight is 386 g/mol. The van der Waals surface area contributed by atoms with E-state index in [1.807, 2.05) is 6.07 Å². The molecule has 3 aromatic rings. The molecule has 142 valence electrons. The van der Waals surface area contributed by atoms with Crippen LogP contribution in [0.15, 0.2) is 12.3 Å². The molecule has 0 radical (unpaired) electrons. The van der Waals surface area contributed by atoms with Crippen LogP contribution in [0.3, 0.4) is 0 Å². The van der Waals surface area contributed by atoms with Gasteiger partial charge in [0.2, 0.25) is 0 Å². The first kappa shape index (κ1) is 17.0. The van der Waals surface area contributed by atoms with Gasteiger partial charge in [0.1, 0.15) is 21.2 Å². The molecule has 0 bridgehead atoms. The van der Waals surface area contributed by atoms with Gasteiger partial charge in [0, 0.05) is 31.9 Å². The highest BCUT2D eigenvalue weighted by molar-refractivity contribution is 7.21. The molecule has 2 aliphatic heterocycles. The van der Waals surface area contributed by atoms with E-state index in [-0.39, 0.29) is 6.04 Å². The van der Waals surface area contributed by atoms with Crippen molar-refractivity contribution >= 4 is 27.5 Å². The number of aromatic amines is 1. The first-order valence-corrected chi connectivity index (χ1v) is 10.2. The van der Waals surface area contributed by atoms with Crippen molar-refractivity contribution in [2.75, 3.05) is 37.9 Å². The summed E-state index contributed by atoms with van der Waals surface area (Å²) in [6.07, 6.45) is 3.68. The van der Waals surface area contributed by atoms with Crippen LogP contribution in [0.5, 0.6) is 0 Å². The van der Waals surface area contributed by atoms with Crippen LogP contribution in [-0.2, 0) is 9.47 Å². The number of thiazole rings is 1. The number of hydrogen-bond acceptors (Lipinski definition) is 8. The van der Waals surface area contributed by atoms with E-state index in [0.717, 1.165) is 65.3 Å². The lowest BCUT2D eigenvalue weighted by atomic mass is 9.99. The zero-order valence-corrected chi connectivity index (χ0v) is 16.0. The number of ether oxygens (including phenoxy) is 2. The smallest absolute Gasteiger partial charge is 0.160 e. The molecule has 0 aromatic carbocycles. The van der Waals surface area contributed by atoms with E-state index in [0.29, 0.717) is 19.1 Å². The van der Waals surface area contributed by atoms with Crippen molar-refractivity contribution in [1.82, 2.24) is 25.1 Å². The summed E-state index contributed by atoms with van der Waals surface area (Å²) < 4.78 is 11.1. The summed E-state index contributed by atoms with van der Waals surface area (Å²) in [7, 11) is 0. The quantitative estimate of drug-likeness (QED) is 0.740. The molecule has 2 aliphatic rings. The van der Waals surface area contributed by atoms with Crippen LogP contribution < -0.4 is 4.90 Å². The number of hydrogen-bond donors (Lipinski definition) is 1. The van der Waals surface area contributed by atoms with Crippen molar-refractivity contribution in [1.29, 1.82) is 0 Å². The van der Waals surface area contributed by atoms with Crippen LogP contribution in [0.1, 0.15) is 31.5 Å². The predicted octanol–water partition coefficient (Wildman–Crippen LogP) is 2.60. The zero-order valence-electron chi connectivity index (χ0n) is 15.2. The third kappa shape index (κ3) is 3.19. The van der Waals surface area contributed by atoms with Gasteiger partial charge in [-0.2, -0.15) is 5.10 Å². The molecule has 9 heteroatoms. The molecule has 1 atom stereocenters. The lowest BCUT2D eigenvalue weighted by Crippen LogP contribution is -2.44. The number of morpholine rings is 1. The number of nitrogens with zero attached hydrogens (tertiary/aromatic N) is 5. The molecular formula is C18H22N6O2S. The van der Waals surface area contributed by atoms with Gasteiger partial charge in [0.15, 0.2) is 5.82 Å². The largest absolute Gasteiger partial charge is 0.381 e. The molecule has 3 aromatic heterocycles. The van der Waals surface area contributed by atoms with Crippen LogP contribution in [0, 0.1) is 0 Å². The molecule has 5 rings (SSSR count). The second-order valence-corrected chi connectivity index (χ2v) is 8.03. The fourth-order valence-corrected chi connectivity index (χ4v) is 4.61. The van der Waals surface area contributed by atoms with Gasteiger partial charge >= 0.3 is 0 Å². The summed E-state index contributed by atoms with van der Waals surface area (Å²) in [5, 5.41) is 7.94. The Morgan fingerprint density at radius 1 is 1.15 bits per heavy atom. The Balaban J connectivity index is 1.64. The van der Waals surface area contributed by atoms with Gasteiger partial charge in [-0.05, 0) is 25.8 Å². The van der Waals surface area contributed by atoms with Crippen molar-refractivity contribution in [3.05, 3.63) is 18.1 Å².